The number of methoxy groups -OCH3 is 1. The van der Waals surface area contributed by atoms with Crippen LogP contribution < -0.4 is 9.04 Å². The van der Waals surface area contributed by atoms with E-state index in [0.717, 1.165) is 38.0 Å². The van der Waals surface area contributed by atoms with Crippen molar-refractivity contribution in [1.82, 2.24) is 4.90 Å². The van der Waals surface area contributed by atoms with Gasteiger partial charge in [0.1, 0.15) is 5.75 Å². The van der Waals surface area contributed by atoms with Gasteiger partial charge in [-0.05, 0) is 49.9 Å². The number of nitrogens with zero attached hydrogens (tertiary/aromatic N) is 2. The summed E-state index contributed by atoms with van der Waals surface area (Å²) >= 11 is 0. The Hall–Kier alpha value is -2.05. The number of likely N-dealkylation sites (tertiary alicyclic amines) is 1. The van der Waals surface area contributed by atoms with Crippen LogP contribution in [0, 0.1) is 12.8 Å². The molecule has 0 unspecified atom stereocenters. The van der Waals surface area contributed by atoms with Gasteiger partial charge in [0.15, 0.2) is 0 Å². The van der Waals surface area contributed by atoms with Gasteiger partial charge in [-0.3, -0.25) is 4.31 Å². The number of hydrogen-bond donors (Lipinski definition) is 0. The Morgan fingerprint density at radius 1 is 1.10 bits per heavy atom. The zero-order valence-electron chi connectivity index (χ0n) is 17.8. The first-order valence-corrected chi connectivity index (χ1v) is 11.7. The summed E-state index contributed by atoms with van der Waals surface area (Å²) in [6.45, 7) is 9.27. The average molecular weight is 417 g/mol. The third kappa shape index (κ3) is 5.11. The van der Waals surface area contributed by atoms with E-state index in [4.69, 9.17) is 4.74 Å². The SMILES string of the molecule is COc1cccc(N(C2CCN(CC(C)C)CC2)S(=O)(=O)c2ccc(C)cc2)c1. The molecular formula is C23H32N2O3S. The van der Waals surface area contributed by atoms with E-state index in [9.17, 15) is 8.42 Å². The molecule has 0 aliphatic carbocycles. The number of anilines is 1. The van der Waals surface area contributed by atoms with Crippen molar-refractivity contribution in [3.63, 3.8) is 0 Å². The highest BCUT2D eigenvalue weighted by molar-refractivity contribution is 7.92. The molecule has 0 atom stereocenters. The number of rotatable bonds is 7. The van der Waals surface area contributed by atoms with Crippen molar-refractivity contribution in [2.45, 2.75) is 44.6 Å². The Kier molecular flexibility index (Phi) is 6.85. The van der Waals surface area contributed by atoms with Crippen LogP contribution in [0.3, 0.4) is 0 Å². The molecule has 6 heteroatoms. The third-order valence-electron chi connectivity index (χ3n) is 5.40. The maximum absolute atomic E-state index is 13.7. The molecule has 0 aromatic heterocycles. The van der Waals surface area contributed by atoms with Crippen LogP contribution >= 0.6 is 0 Å². The molecule has 1 heterocycles. The van der Waals surface area contributed by atoms with Gasteiger partial charge in [-0.25, -0.2) is 8.42 Å². The van der Waals surface area contributed by atoms with Gasteiger partial charge in [0, 0.05) is 31.7 Å². The smallest absolute Gasteiger partial charge is 0.264 e. The second-order valence-electron chi connectivity index (χ2n) is 8.24. The molecule has 0 bridgehead atoms. The number of benzene rings is 2. The van der Waals surface area contributed by atoms with Crippen molar-refractivity contribution in [2.24, 2.45) is 5.92 Å². The van der Waals surface area contributed by atoms with Gasteiger partial charge < -0.3 is 9.64 Å². The Bertz CT molecular complexity index is 902. The average Bonchev–Trinajstić information content (AvgIpc) is 2.69. The molecule has 2 aromatic carbocycles. The van der Waals surface area contributed by atoms with E-state index in [-0.39, 0.29) is 6.04 Å². The third-order valence-corrected chi connectivity index (χ3v) is 7.29. The Balaban J connectivity index is 1.95. The van der Waals surface area contributed by atoms with Gasteiger partial charge >= 0.3 is 0 Å². The topological polar surface area (TPSA) is 49.9 Å². The van der Waals surface area contributed by atoms with Crippen molar-refractivity contribution < 1.29 is 13.2 Å². The Morgan fingerprint density at radius 2 is 1.76 bits per heavy atom. The van der Waals surface area contributed by atoms with Crippen LogP contribution in [0.15, 0.2) is 53.4 Å². The van der Waals surface area contributed by atoms with Crippen LogP contribution in [0.1, 0.15) is 32.3 Å². The lowest BCUT2D eigenvalue weighted by molar-refractivity contribution is 0.194. The first-order chi connectivity index (χ1) is 13.8. The maximum atomic E-state index is 13.7. The van der Waals surface area contributed by atoms with E-state index in [1.165, 1.54) is 0 Å². The number of ether oxygens (including phenoxy) is 1. The second kappa shape index (κ2) is 9.18. The minimum Gasteiger partial charge on any atom is -0.497 e. The monoisotopic (exact) mass is 416 g/mol. The molecular weight excluding hydrogens is 384 g/mol. The molecule has 2 aromatic rings. The van der Waals surface area contributed by atoms with Crippen LogP contribution in [0.2, 0.25) is 0 Å². The lowest BCUT2D eigenvalue weighted by Crippen LogP contribution is -2.48. The number of sulfonamides is 1. The highest BCUT2D eigenvalue weighted by Crippen LogP contribution is 2.32. The van der Waals surface area contributed by atoms with Gasteiger partial charge in [-0.1, -0.05) is 37.6 Å². The summed E-state index contributed by atoms with van der Waals surface area (Å²) in [7, 11) is -2.08. The molecule has 29 heavy (non-hydrogen) atoms. The van der Waals surface area contributed by atoms with Gasteiger partial charge in [-0.15, -0.1) is 0 Å². The maximum Gasteiger partial charge on any atom is 0.264 e. The molecule has 0 N–H and O–H groups in total. The summed E-state index contributed by atoms with van der Waals surface area (Å²) < 4.78 is 34.3. The number of piperidine rings is 1. The highest BCUT2D eigenvalue weighted by Gasteiger charge is 2.34. The fourth-order valence-electron chi connectivity index (χ4n) is 3.97. The standard InChI is InChI=1S/C23H32N2O3S/c1-18(2)17-24-14-12-20(13-15-24)25(21-6-5-7-22(16-21)28-4)29(26,27)23-10-8-19(3)9-11-23/h5-11,16,18,20H,12-15,17H2,1-4H3. The predicted molar refractivity (Wildman–Crippen MR) is 118 cm³/mol. The minimum atomic E-state index is -3.68. The van der Waals surface area contributed by atoms with E-state index in [1.54, 1.807) is 23.5 Å². The molecule has 1 fully saturated rings. The van der Waals surface area contributed by atoms with Crippen LogP contribution in [-0.2, 0) is 10.0 Å². The normalized spacial score (nSPS) is 16.2. The Labute approximate surface area is 175 Å². The summed E-state index contributed by atoms with van der Waals surface area (Å²) in [6, 6.07) is 14.4. The van der Waals surface area contributed by atoms with E-state index in [2.05, 4.69) is 18.7 Å². The molecule has 0 amide bonds. The zero-order valence-corrected chi connectivity index (χ0v) is 18.7. The number of aryl methyl sites for hydroxylation is 1. The van der Waals surface area contributed by atoms with E-state index in [1.807, 2.05) is 43.3 Å². The molecule has 0 spiro atoms. The van der Waals surface area contributed by atoms with E-state index >= 15 is 0 Å². The molecule has 1 aliphatic heterocycles. The van der Waals surface area contributed by atoms with Crippen molar-refractivity contribution in [2.75, 3.05) is 31.0 Å². The quantitative estimate of drug-likeness (QED) is 0.674. The largest absolute Gasteiger partial charge is 0.497 e. The van der Waals surface area contributed by atoms with Gasteiger partial charge in [-0.2, -0.15) is 0 Å². The van der Waals surface area contributed by atoms with E-state index < -0.39 is 10.0 Å². The fourth-order valence-corrected chi connectivity index (χ4v) is 5.67. The number of hydrogen-bond acceptors (Lipinski definition) is 4. The first-order valence-electron chi connectivity index (χ1n) is 10.3. The first kappa shape index (κ1) is 21.7. The van der Waals surface area contributed by atoms with Crippen LogP contribution in [-0.4, -0.2) is 46.1 Å². The van der Waals surface area contributed by atoms with E-state index in [0.29, 0.717) is 22.3 Å². The summed E-state index contributed by atoms with van der Waals surface area (Å²) in [4.78, 5) is 2.76. The molecule has 0 saturated carbocycles. The molecule has 5 nitrogen and oxygen atoms in total. The molecule has 158 valence electrons. The van der Waals surface area contributed by atoms with Crippen molar-refractivity contribution in [3.05, 3.63) is 54.1 Å². The highest BCUT2D eigenvalue weighted by atomic mass is 32.2. The van der Waals surface area contributed by atoms with Crippen LogP contribution in [0.4, 0.5) is 5.69 Å². The van der Waals surface area contributed by atoms with Gasteiger partial charge in [0.25, 0.3) is 10.0 Å². The molecule has 1 saturated heterocycles. The van der Waals surface area contributed by atoms with Crippen molar-refractivity contribution >= 4 is 15.7 Å². The molecule has 3 rings (SSSR count). The second-order valence-corrected chi connectivity index (χ2v) is 10.1. The van der Waals surface area contributed by atoms with Crippen molar-refractivity contribution in [1.29, 1.82) is 0 Å². The van der Waals surface area contributed by atoms with Crippen molar-refractivity contribution in [3.8, 4) is 5.75 Å². The summed E-state index contributed by atoms with van der Waals surface area (Å²) in [5.74, 6) is 1.26. The van der Waals surface area contributed by atoms with Crippen LogP contribution in [0.5, 0.6) is 5.75 Å². The predicted octanol–water partition coefficient (Wildman–Crippen LogP) is 4.32. The Morgan fingerprint density at radius 3 is 2.34 bits per heavy atom. The lowest BCUT2D eigenvalue weighted by Gasteiger charge is -2.39. The lowest BCUT2D eigenvalue weighted by atomic mass is 10.0. The molecule has 1 aliphatic rings. The van der Waals surface area contributed by atoms with Gasteiger partial charge in [0.2, 0.25) is 0 Å². The molecule has 0 radical (unpaired) electrons. The van der Waals surface area contributed by atoms with Crippen LogP contribution in [0.25, 0.3) is 0 Å². The minimum absolute atomic E-state index is 0.0724. The summed E-state index contributed by atoms with van der Waals surface area (Å²) in [5.41, 5.74) is 1.70. The zero-order chi connectivity index (χ0) is 21.0. The fraction of sp³-hybridized carbons (Fsp3) is 0.478. The summed E-state index contributed by atoms with van der Waals surface area (Å²) in [5, 5.41) is 0. The van der Waals surface area contributed by atoms with Gasteiger partial charge in [0.05, 0.1) is 17.7 Å². The summed E-state index contributed by atoms with van der Waals surface area (Å²) in [6.07, 6.45) is 1.63.